The summed E-state index contributed by atoms with van der Waals surface area (Å²) in [6, 6.07) is -0.654. The molecule has 6 nitrogen and oxygen atoms in total. The van der Waals surface area contributed by atoms with E-state index >= 15 is 0 Å². The SMILES string of the molecule is C[C@@H](O)[C@H](N)c1nc(-c2cncs2)no1. The van der Waals surface area contributed by atoms with Gasteiger partial charge in [0.1, 0.15) is 6.04 Å². The Bertz CT molecular complexity index is 426. The molecular formula is C8H10N4O2S. The molecule has 2 atom stereocenters. The number of nitrogens with two attached hydrogens (primary N) is 1. The highest BCUT2D eigenvalue weighted by Gasteiger charge is 2.20. The average molecular weight is 226 g/mol. The van der Waals surface area contributed by atoms with E-state index in [0.29, 0.717) is 5.82 Å². The Labute approximate surface area is 89.8 Å². The summed E-state index contributed by atoms with van der Waals surface area (Å²) in [5.41, 5.74) is 7.33. The fourth-order valence-electron chi connectivity index (χ4n) is 1.00. The van der Waals surface area contributed by atoms with Crippen molar-refractivity contribution in [3.8, 4) is 10.7 Å². The van der Waals surface area contributed by atoms with E-state index in [2.05, 4.69) is 15.1 Å². The maximum Gasteiger partial charge on any atom is 0.246 e. The first-order valence-corrected chi connectivity index (χ1v) is 5.22. The van der Waals surface area contributed by atoms with Crippen molar-refractivity contribution in [1.29, 1.82) is 0 Å². The van der Waals surface area contributed by atoms with Gasteiger partial charge in [0.15, 0.2) is 0 Å². The van der Waals surface area contributed by atoms with Crippen LogP contribution in [0.2, 0.25) is 0 Å². The van der Waals surface area contributed by atoms with Crippen molar-refractivity contribution in [1.82, 2.24) is 15.1 Å². The van der Waals surface area contributed by atoms with E-state index in [1.165, 1.54) is 11.3 Å². The second-order valence-corrected chi connectivity index (χ2v) is 3.97. The number of hydrogen-bond donors (Lipinski definition) is 2. The van der Waals surface area contributed by atoms with E-state index in [-0.39, 0.29) is 5.89 Å². The number of aliphatic hydroxyl groups excluding tert-OH is 1. The Hall–Kier alpha value is -1.31. The molecule has 0 bridgehead atoms. The zero-order valence-electron chi connectivity index (χ0n) is 7.99. The molecule has 15 heavy (non-hydrogen) atoms. The van der Waals surface area contributed by atoms with Gasteiger partial charge < -0.3 is 15.4 Å². The third kappa shape index (κ3) is 2.04. The summed E-state index contributed by atoms with van der Waals surface area (Å²) < 4.78 is 4.94. The van der Waals surface area contributed by atoms with E-state index in [9.17, 15) is 5.11 Å². The second kappa shape index (κ2) is 4.05. The van der Waals surface area contributed by atoms with Gasteiger partial charge in [-0.2, -0.15) is 4.98 Å². The van der Waals surface area contributed by atoms with Gasteiger partial charge >= 0.3 is 0 Å². The van der Waals surface area contributed by atoms with E-state index < -0.39 is 12.1 Å². The van der Waals surface area contributed by atoms with Crippen molar-refractivity contribution in [2.75, 3.05) is 0 Å². The van der Waals surface area contributed by atoms with Crippen molar-refractivity contribution in [2.24, 2.45) is 5.73 Å². The Morgan fingerprint density at radius 1 is 1.60 bits per heavy atom. The molecule has 0 spiro atoms. The summed E-state index contributed by atoms with van der Waals surface area (Å²) >= 11 is 1.41. The predicted octanol–water partition coefficient (Wildman–Crippen LogP) is 0.574. The molecule has 0 unspecified atom stereocenters. The third-order valence-electron chi connectivity index (χ3n) is 1.90. The smallest absolute Gasteiger partial charge is 0.246 e. The van der Waals surface area contributed by atoms with Crippen LogP contribution in [-0.2, 0) is 0 Å². The summed E-state index contributed by atoms with van der Waals surface area (Å²) in [7, 11) is 0. The van der Waals surface area contributed by atoms with Crippen LogP contribution in [-0.4, -0.2) is 26.3 Å². The zero-order chi connectivity index (χ0) is 10.8. The minimum Gasteiger partial charge on any atom is -0.391 e. The minimum absolute atomic E-state index is 0.230. The van der Waals surface area contributed by atoms with Crippen molar-refractivity contribution in [3.63, 3.8) is 0 Å². The Morgan fingerprint density at radius 3 is 3.00 bits per heavy atom. The van der Waals surface area contributed by atoms with Crippen LogP contribution < -0.4 is 5.73 Å². The molecule has 0 saturated heterocycles. The lowest BCUT2D eigenvalue weighted by molar-refractivity contribution is 0.146. The molecule has 2 aromatic heterocycles. The first-order chi connectivity index (χ1) is 7.18. The molecule has 7 heteroatoms. The van der Waals surface area contributed by atoms with Crippen LogP contribution in [0.5, 0.6) is 0 Å². The summed E-state index contributed by atoms with van der Waals surface area (Å²) in [6.45, 7) is 1.57. The van der Waals surface area contributed by atoms with Crippen LogP contribution in [0.3, 0.4) is 0 Å². The van der Waals surface area contributed by atoms with Crippen molar-refractivity contribution >= 4 is 11.3 Å². The number of aromatic nitrogens is 3. The molecule has 0 radical (unpaired) electrons. The molecule has 3 N–H and O–H groups in total. The summed E-state index contributed by atoms with van der Waals surface area (Å²) in [6.07, 6.45) is 0.924. The molecule has 2 heterocycles. The molecule has 2 aromatic rings. The van der Waals surface area contributed by atoms with Gasteiger partial charge in [0.05, 0.1) is 16.5 Å². The third-order valence-corrected chi connectivity index (χ3v) is 2.67. The maximum absolute atomic E-state index is 9.25. The van der Waals surface area contributed by atoms with Crippen LogP contribution in [0.15, 0.2) is 16.2 Å². The van der Waals surface area contributed by atoms with Gasteiger partial charge in [0.2, 0.25) is 11.7 Å². The molecule has 0 saturated carbocycles. The first kappa shape index (κ1) is 10.2. The monoisotopic (exact) mass is 226 g/mol. The van der Waals surface area contributed by atoms with Crippen molar-refractivity contribution < 1.29 is 9.63 Å². The van der Waals surface area contributed by atoms with Crippen LogP contribution in [0.1, 0.15) is 18.9 Å². The molecule has 0 aliphatic carbocycles. The van der Waals surface area contributed by atoms with Gasteiger partial charge in [-0.1, -0.05) is 5.16 Å². The highest BCUT2D eigenvalue weighted by molar-refractivity contribution is 7.13. The lowest BCUT2D eigenvalue weighted by Crippen LogP contribution is -2.23. The molecule has 0 fully saturated rings. The number of hydrogen-bond acceptors (Lipinski definition) is 7. The van der Waals surface area contributed by atoms with Gasteiger partial charge in [-0.3, -0.25) is 4.98 Å². The van der Waals surface area contributed by atoms with Gasteiger partial charge in [-0.05, 0) is 6.92 Å². The van der Waals surface area contributed by atoms with Crippen molar-refractivity contribution in [3.05, 3.63) is 17.6 Å². The summed E-state index contributed by atoms with van der Waals surface area (Å²) in [5, 5.41) is 13.0. The molecule has 0 amide bonds. The Balaban J connectivity index is 2.25. The van der Waals surface area contributed by atoms with Crippen LogP contribution in [0.4, 0.5) is 0 Å². The number of rotatable bonds is 3. The first-order valence-electron chi connectivity index (χ1n) is 4.34. The molecular weight excluding hydrogens is 216 g/mol. The molecule has 0 aliphatic heterocycles. The van der Waals surface area contributed by atoms with Gasteiger partial charge in [0, 0.05) is 6.20 Å². The fourth-order valence-corrected chi connectivity index (χ4v) is 1.55. The standard InChI is InChI=1S/C8H10N4O2S/c1-4(13)6(9)8-11-7(12-14-8)5-2-10-3-15-5/h2-4,6,13H,9H2,1H3/t4-,6+/m1/s1. The minimum atomic E-state index is -0.722. The second-order valence-electron chi connectivity index (χ2n) is 3.09. The number of thiazole rings is 1. The van der Waals surface area contributed by atoms with E-state index in [0.717, 1.165) is 4.88 Å². The van der Waals surface area contributed by atoms with E-state index in [4.69, 9.17) is 10.3 Å². The van der Waals surface area contributed by atoms with Gasteiger partial charge in [0.25, 0.3) is 0 Å². The lowest BCUT2D eigenvalue weighted by Gasteiger charge is -2.08. The topological polar surface area (TPSA) is 98.1 Å². The zero-order valence-corrected chi connectivity index (χ0v) is 8.81. The normalized spacial score (nSPS) is 15.1. The lowest BCUT2D eigenvalue weighted by atomic mass is 10.2. The highest BCUT2D eigenvalue weighted by Crippen LogP contribution is 2.21. The quantitative estimate of drug-likeness (QED) is 0.794. The number of aliphatic hydroxyl groups is 1. The average Bonchev–Trinajstić information content (AvgIpc) is 2.86. The predicted molar refractivity (Wildman–Crippen MR) is 54.0 cm³/mol. The van der Waals surface area contributed by atoms with E-state index in [1.807, 2.05) is 0 Å². The highest BCUT2D eigenvalue weighted by atomic mass is 32.1. The van der Waals surface area contributed by atoms with Crippen LogP contribution >= 0.6 is 11.3 Å². The summed E-state index contributed by atoms with van der Waals surface area (Å²) in [5.74, 6) is 0.678. The van der Waals surface area contributed by atoms with Crippen LogP contribution in [0.25, 0.3) is 10.7 Å². The molecule has 80 valence electrons. The van der Waals surface area contributed by atoms with Gasteiger partial charge in [-0.25, -0.2) is 0 Å². The number of nitrogens with zero attached hydrogens (tertiary/aromatic N) is 3. The van der Waals surface area contributed by atoms with Gasteiger partial charge in [-0.15, -0.1) is 11.3 Å². The fraction of sp³-hybridized carbons (Fsp3) is 0.375. The van der Waals surface area contributed by atoms with E-state index in [1.54, 1.807) is 18.6 Å². The van der Waals surface area contributed by atoms with Crippen LogP contribution in [0, 0.1) is 0 Å². The Kier molecular flexibility index (Phi) is 2.76. The summed E-state index contributed by atoms with van der Waals surface area (Å²) in [4.78, 5) is 8.79. The van der Waals surface area contributed by atoms with Crippen molar-refractivity contribution in [2.45, 2.75) is 19.1 Å². The Morgan fingerprint density at radius 2 is 2.40 bits per heavy atom. The maximum atomic E-state index is 9.25. The molecule has 0 aromatic carbocycles. The molecule has 2 rings (SSSR count). The molecule has 0 aliphatic rings. The largest absolute Gasteiger partial charge is 0.391 e.